The first-order valence-corrected chi connectivity index (χ1v) is 7.04. The van der Waals surface area contributed by atoms with E-state index < -0.39 is 11.6 Å². The molecule has 1 nitrogen and oxygen atoms in total. The van der Waals surface area contributed by atoms with E-state index in [4.69, 9.17) is 0 Å². The molecule has 1 rings (SSSR count). The highest BCUT2D eigenvalue weighted by Crippen LogP contribution is 2.30. The Morgan fingerprint density at radius 2 is 1.79 bits per heavy atom. The van der Waals surface area contributed by atoms with Gasteiger partial charge in [0.1, 0.15) is 11.6 Å². The molecule has 0 aliphatic rings. The number of halogens is 2. The molecule has 0 radical (unpaired) electrons. The van der Waals surface area contributed by atoms with Crippen LogP contribution in [0.3, 0.4) is 0 Å². The molecule has 1 atom stereocenters. The average Bonchev–Trinajstić information content (AvgIpc) is 2.32. The molecule has 3 heteroatoms. The Bertz CT molecular complexity index is 383. The van der Waals surface area contributed by atoms with E-state index >= 15 is 0 Å². The van der Waals surface area contributed by atoms with Crippen molar-refractivity contribution >= 4 is 0 Å². The molecule has 19 heavy (non-hydrogen) atoms. The third-order valence-corrected chi connectivity index (χ3v) is 3.46. The van der Waals surface area contributed by atoms with Crippen LogP contribution in [-0.2, 0) is 6.42 Å². The standard InChI is InChI=1S/C16H25F2N/c1-5-9-16(4,11-19-12(2)3)10-13-14(17)7-6-8-15(13)18/h6-8,12,19H,5,9-11H2,1-4H3. The molecule has 1 aromatic rings. The van der Waals surface area contributed by atoms with Crippen LogP contribution in [-0.4, -0.2) is 12.6 Å². The van der Waals surface area contributed by atoms with Crippen molar-refractivity contribution in [2.24, 2.45) is 5.41 Å². The summed E-state index contributed by atoms with van der Waals surface area (Å²) >= 11 is 0. The third-order valence-electron chi connectivity index (χ3n) is 3.46. The van der Waals surface area contributed by atoms with Crippen LogP contribution in [0.25, 0.3) is 0 Å². The molecule has 0 spiro atoms. The molecule has 0 saturated heterocycles. The van der Waals surface area contributed by atoms with Crippen LogP contribution in [0.2, 0.25) is 0 Å². The summed E-state index contributed by atoms with van der Waals surface area (Å²) in [6.07, 6.45) is 2.38. The summed E-state index contributed by atoms with van der Waals surface area (Å²) in [7, 11) is 0. The summed E-state index contributed by atoms with van der Waals surface area (Å²) in [5.74, 6) is -0.876. The number of hydrogen-bond acceptors (Lipinski definition) is 1. The summed E-state index contributed by atoms with van der Waals surface area (Å²) in [5, 5.41) is 3.39. The summed E-state index contributed by atoms with van der Waals surface area (Å²) in [5.41, 5.74) is 0.0891. The van der Waals surface area contributed by atoms with Gasteiger partial charge in [-0.25, -0.2) is 8.78 Å². The Morgan fingerprint density at radius 3 is 2.26 bits per heavy atom. The molecule has 0 aliphatic heterocycles. The van der Waals surface area contributed by atoms with E-state index in [1.165, 1.54) is 18.2 Å². The average molecular weight is 269 g/mol. The van der Waals surface area contributed by atoms with Crippen LogP contribution in [0, 0.1) is 17.0 Å². The van der Waals surface area contributed by atoms with Gasteiger partial charge in [-0.1, -0.05) is 40.2 Å². The van der Waals surface area contributed by atoms with Gasteiger partial charge in [0.2, 0.25) is 0 Å². The summed E-state index contributed by atoms with van der Waals surface area (Å²) in [4.78, 5) is 0. The number of hydrogen-bond donors (Lipinski definition) is 1. The fraction of sp³-hybridized carbons (Fsp3) is 0.625. The summed E-state index contributed by atoms with van der Waals surface area (Å²) in [6.45, 7) is 9.13. The fourth-order valence-corrected chi connectivity index (χ4v) is 2.42. The molecule has 0 bridgehead atoms. The van der Waals surface area contributed by atoms with Crippen LogP contribution in [0.1, 0.15) is 46.1 Å². The van der Waals surface area contributed by atoms with Crippen molar-refractivity contribution in [3.63, 3.8) is 0 Å². The predicted octanol–water partition coefficient (Wildman–Crippen LogP) is 4.31. The molecule has 0 fully saturated rings. The smallest absolute Gasteiger partial charge is 0.129 e. The van der Waals surface area contributed by atoms with E-state index in [0.717, 1.165) is 19.4 Å². The minimum absolute atomic E-state index is 0.123. The summed E-state index contributed by atoms with van der Waals surface area (Å²) < 4.78 is 27.5. The minimum Gasteiger partial charge on any atom is -0.314 e. The van der Waals surface area contributed by atoms with Crippen molar-refractivity contribution in [3.8, 4) is 0 Å². The van der Waals surface area contributed by atoms with Crippen molar-refractivity contribution in [1.82, 2.24) is 5.32 Å². The van der Waals surface area contributed by atoms with E-state index in [9.17, 15) is 8.78 Å². The van der Waals surface area contributed by atoms with Crippen LogP contribution in [0.15, 0.2) is 18.2 Å². The number of rotatable bonds is 7. The Hall–Kier alpha value is -0.960. The number of nitrogens with one attached hydrogen (secondary N) is 1. The second-order valence-electron chi connectivity index (χ2n) is 5.97. The van der Waals surface area contributed by atoms with Gasteiger partial charge in [-0.15, -0.1) is 0 Å². The van der Waals surface area contributed by atoms with E-state index in [1.54, 1.807) is 0 Å². The molecule has 1 unspecified atom stereocenters. The lowest BCUT2D eigenvalue weighted by molar-refractivity contribution is 0.260. The fourth-order valence-electron chi connectivity index (χ4n) is 2.42. The van der Waals surface area contributed by atoms with E-state index in [0.29, 0.717) is 12.5 Å². The van der Waals surface area contributed by atoms with Crippen LogP contribution in [0.5, 0.6) is 0 Å². The Balaban J connectivity index is 2.88. The molecular formula is C16H25F2N. The lowest BCUT2D eigenvalue weighted by Gasteiger charge is -2.31. The predicted molar refractivity (Wildman–Crippen MR) is 76.2 cm³/mol. The first kappa shape index (κ1) is 16.1. The van der Waals surface area contributed by atoms with Crippen molar-refractivity contribution in [1.29, 1.82) is 0 Å². The van der Waals surface area contributed by atoms with Gasteiger partial charge < -0.3 is 5.32 Å². The van der Waals surface area contributed by atoms with Crippen LogP contribution >= 0.6 is 0 Å². The first-order chi connectivity index (χ1) is 8.88. The molecule has 0 aliphatic carbocycles. The van der Waals surface area contributed by atoms with Gasteiger partial charge >= 0.3 is 0 Å². The maximum absolute atomic E-state index is 13.8. The van der Waals surface area contributed by atoms with Crippen LogP contribution in [0.4, 0.5) is 8.78 Å². The topological polar surface area (TPSA) is 12.0 Å². The Morgan fingerprint density at radius 1 is 1.21 bits per heavy atom. The maximum Gasteiger partial charge on any atom is 0.129 e. The molecule has 0 amide bonds. The summed E-state index contributed by atoms with van der Waals surface area (Å²) in [6, 6.07) is 4.46. The van der Waals surface area contributed by atoms with Crippen molar-refractivity contribution in [2.75, 3.05) is 6.54 Å². The van der Waals surface area contributed by atoms with E-state index in [2.05, 4.69) is 33.0 Å². The van der Waals surface area contributed by atoms with Crippen molar-refractivity contribution in [3.05, 3.63) is 35.4 Å². The van der Waals surface area contributed by atoms with Gasteiger partial charge in [0.05, 0.1) is 0 Å². The zero-order valence-electron chi connectivity index (χ0n) is 12.4. The van der Waals surface area contributed by atoms with Crippen molar-refractivity contribution in [2.45, 2.75) is 53.0 Å². The molecule has 0 saturated carbocycles. The van der Waals surface area contributed by atoms with E-state index in [-0.39, 0.29) is 11.0 Å². The zero-order valence-corrected chi connectivity index (χ0v) is 12.4. The maximum atomic E-state index is 13.8. The molecule has 0 aromatic heterocycles. The van der Waals surface area contributed by atoms with Gasteiger partial charge in [-0.3, -0.25) is 0 Å². The molecule has 1 aromatic carbocycles. The van der Waals surface area contributed by atoms with Gasteiger partial charge in [-0.2, -0.15) is 0 Å². The van der Waals surface area contributed by atoms with Crippen LogP contribution < -0.4 is 5.32 Å². The SMILES string of the molecule is CCCC(C)(CNC(C)C)Cc1c(F)cccc1F. The van der Waals surface area contributed by atoms with E-state index in [1.807, 2.05) is 0 Å². The van der Waals surface area contributed by atoms with Gasteiger partial charge in [0.25, 0.3) is 0 Å². The van der Waals surface area contributed by atoms with Gasteiger partial charge in [0, 0.05) is 18.2 Å². The Labute approximate surface area is 115 Å². The lowest BCUT2D eigenvalue weighted by atomic mass is 9.79. The van der Waals surface area contributed by atoms with Gasteiger partial charge in [0.15, 0.2) is 0 Å². The van der Waals surface area contributed by atoms with Gasteiger partial charge in [-0.05, 0) is 30.4 Å². The molecule has 0 heterocycles. The normalized spacial score (nSPS) is 14.7. The lowest BCUT2D eigenvalue weighted by Crippen LogP contribution is -2.37. The highest BCUT2D eigenvalue weighted by atomic mass is 19.1. The molecule has 1 N–H and O–H groups in total. The Kier molecular flexibility index (Phi) is 5.92. The number of benzene rings is 1. The highest BCUT2D eigenvalue weighted by molar-refractivity contribution is 5.21. The highest BCUT2D eigenvalue weighted by Gasteiger charge is 2.26. The first-order valence-electron chi connectivity index (χ1n) is 7.04. The second kappa shape index (κ2) is 6.99. The largest absolute Gasteiger partial charge is 0.314 e. The second-order valence-corrected chi connectivity index (χ2v) is 5.97. The molecular weight excluding hydrogens is 244 g/mol. The zero-order chi connectivity index (χ0) is 14.5. The molecule has 108 valence electrons. The van der Waals surface area contributed by atoms with Crippen molar-refractivity contribution < 1.29 is 8.78 Å². The quantitative estimate of drug-likeness (QED) is 0.777. The minimum atomic E-state index is -0.438. The third kappa shape index (κ3) is 4.90. The monoisotopic (exact) mass is 269 g/mol.